The van der Waals surface area contributed by atoms with Gasteiger partial charge in [0.15, 0.2) is 6.10 Å². The van der Waals surface area contributed by atoms with E-state index in [4.69, 9.17) is 9.84 Å². The second kappa shape index (κ2) is 5.76. The monoisotopic (exact) mass is 281 g/mol. The highest BCUT2D eigenvalue weighted by Crippen LogP contribution is 2.20. The number of Topliss-reactive ketones (excluding diaryl/α,β-unsaturated/α-hetero) is 1. The van der Waals surface area contributed by atoms with Crippen molar-refractivity contribution in [2.75, 3.05) is 6.61 Å². The Morgan fingerprint density at radius 1 is 1.50 bits per heavy atom. The summed E-state index contributed by atoms with van der Waals surface area (Å²) in [7, 11) is 0. The number of aliphatic hydroxyl groups excluding tert-OH is 2. The minimum absolute atomic E-state index is 0.0805. The van der Waals surface area contributed by atoms with Gasteiger partial charge in [-0.3, -0.25) is 9.78 Å². The first-order chi connectivity index (χ1) is 9.54. The lowest BCUT2D eigenvalue weighted by Crippen LogP contribution is -2.41. The molecule has 0 amide bonds. The van der Waals surface area contributed by atoms with E-state index in [0.29, 0.717) is 0 Å². The molecule has 2 N–H and O–H groups in total. The van der Waals surface area contributed by atoms with Gasteiger partial charge in [-0.15, -0.1) is 0 Å². The maximum Gasteiger partial charge on any atom is 0.379 e. The average molecular weight is 281 g/mol. The molecule has 2 rings (SSSR count). The maximum absolute atomic E-state index is 11.8. The van der Waals surface area contributed by atoms with E-state index in [2.05, 4.69) is 9.72 Å². The molecule has 1 aliphatic heterocycles. The lowest BCUT2D eigenvalue weighted by molar-refractivity contribution is -0.152. The Morgan fingerprint density at radius 2 is 2.25 bits per heavy atom. The van der Waals surface area contributed by atoms with Gasteiger partial charge in [0.25, 0.3) is 5.78 Å². The number of rotatable bonds is 4. The highest BCUT2D eigenvalue weighted by Gasteiger charge is 2.49. The van der Waals surface area contributed by atoms with Gasteiger partial charge in [-0.1, -0.05) is 0 Å². The summed E-state index contributed by atoms with van der Waals surface area (Å²) in [4.78, 5) is 38.2. The van der Waals surface area contributed by atoms with Crippen LogP contribution in [0.1, 0.15) is 10.4 Å². The SMILES string of the molecule is O=C1O[C@H]([C@@H](O)CO)C(OC(=O)c2cccnc2)C1=O. The molecule has 1 fully saturated rings. The molecule has 0 aliphatic carbocycles. The summed E-state index contributed by atoms with van der Waals surface area (Å²) in [5.74, 6) is -3.18. The van der Waals surface area contributed by atoms with E-state index in [1.807, 2.05) is 0 Å². The fourth-order valence-corrected chi connectivity index (χ4v) is 1.68. The van der Waals surface area contributed by atoms with Crippen LogP contribution >= 0.6 is 0 Å². The summed E-state index contributed by atoms with van der Waals surface area (Å²) in [5, 5.41) is 18.3. The molecule has 1 aliphatic rings. The lowest BCUT2D eigenvalue weighted by atomic mass is 10.1. The number of pyridine rings is 1. The largest absolute Gasteiger partial charge is 0.449 e. The van der Waals surface area contributed by atoms with Crippen molar-refractivity contribution >= 4 is 17.7 Å². The summed E-state index contributed by atoms with van der Waals surface area (Å²) < 4.78 is 9.45. The molecule has 8 heteroatoms. The minimum atomic E-state index is -1.59. The highest BCUT2D eigenvalue weighted by atomic mass is 16.6. The van der Waals surface area contributed by atoms with Gasteiger partial charge in [-0.25, -0.2) is 9.59 Å². The summed E-state index contributed by atoms with van der Waals surface area (Å²) in [5.41, 5.74) is 0.0805. The molecule has 0 radical (unpaired) electrons. The van der Waals surface area contributed by atoms with E-state index in [1.165, 1.54) is 24.5 Å². The molecular weight excluding hydrogens is 270 g/mol. The molecule has 1 saturated heterocycles. The number of carbonyl (C=O) groups excluding carboxylic acids is 3. The molecule has 0 aromatic carbocycles. The number of esters is 2. The fourth-order valence-electron chi connectivity index (χ4n) is 1.68. The quantitative estimate of drug-likeness (QED) is 0.502. The molecule has 1 unspecified atom stereocenters. The molecule has 1 aromatic rings. The Labute approximate surface area is 112 Å². The van der Waals surface area contributed by atoms with Crippen LogP contribution in [0.15, 0.2) is 24.5 Å². The Hall–Kier alpha value is -2.32. The van der Waals surface area contributed by atoms with Crippen molar-refractivity contribution in [3.05, 3.63) is 30.1 Å². The number of cyclic esters (lactones) is 1. The second-order valence-electron chi connectivity index (χ2n) is 4.05. The number of aliphatic hydroxyl groups is 2. The smallest absolute Gasteiger partial charge is 0.379 e. The van der Waals surface area contributed by atoms with Crippen LogP contribution in [0.4, 0.5) is 0 Å². The summed E-state index contributed by atoms with van der Waals surface area (Å²) >= 11 is 0. The van der Waals surface area contributed by atoms with E-state index >= 15 is 0 Å². The van der Waals surface area contributed by atoms with Crippen molar-refractivity contribution in [2.45, 2.75) is 18.3 Å². The van der Waals surface area contributed by atoms with Crippen molar-refractivity contribution in [1.82, 2.24) is 4.98 Å². The van der Waals surface area contributed by atoms with Gasteiger partial charge in [0, 0.05) is 12.4 Å². The van der Waals surface area contributed by atoms with Crippen LogP contribution < -0.4 is 0 Å². The average Bonchev–Trinajstić information content (AvgIpc) is 2.75. The molecule has 3 atom stereocenters. The zero-order valence-corrected chi connectivity index (χ0v) is 10.1. The van der Waals surface area contributed by atoms with Crippen molar-refractivity contribution in [3.63, 3.8) is 0 Å². The number of ether oxygens (including phenoxy) is 2. The van der Waals surface area contributed by atoms with Gasteiger partial charge in [-0.2, -0.15) is 0 Å². The van der Waals surface area contributed by atoms with Gasteiger partial charge in [0.1, 0.15) is 6.10 Å². The first-order valence-electron chi connectivity index (χ1n) is 5.69. The van der Waals surface area contributed by atoms with E-state index in [-0.39, 0.29) is 5.56 Å². The number of hydrogen-bond acceptors (Lipinski definition) is 8. The first kappa shape index (κ1) is 14.1. The molecule has 8 nitrogen and oxygen atoms in total. The second-order valence-corrected chi connectivity index (χ2v) is 4.05. The Kier molecular flexibility index (Phi) is 4.06. The molecular formula is C12H11NO7. The van der Waals surface area contributed by atoms with Crippen LogP contribution in [-0.4, -0.2) is 57.8 Å². The molecule has 1 aromatic heterocycles. The van der Waals surface area contributed by atoms with Gasteiger partial charge < -0.3 is 19.7 Å². The van der Waals surface area contributed by atoms with E-state index < -0.39 is 42.6 Å². The molecule has 0 spiro atoms. The standard InChI is InChI=1S/C12H11NO7/c14-5-7(15)9-10(8(16)12(18)19-9)20-11(17)6-2-1-3-13-4-6/h1-4,7,9-10,14-15H,5H2/t7-,9+,10?/m0/s1. The van der Waals surface area contributed by atoms with Crippen molar-refractivity contribution in [3.8, 4) is 0 Å². The number of hydrogen-bond donors (Lipinski definition) is 2. The van der Waals surface area contributed by atoms with Crippen LogP contribution in [-0.2, 0) is 19.1 Å². The predicted octanol–water partition coefficient (Wildman–Crippen LogP) is -1.55. The predicted molar refractivity (Wildman–Crippen MR) is 61.4 cm³/mol. The Balaban J connectivity index is 2.15. The van der Waals surface area contributed by atoms with Gasteiger partial charge >= 0.3 is 11.9 Å². The van der Waals surface area contributed by atoms with Crippen LogP contribution in [0, 0.1) is 0 Å². The minimum Gasteiger partial charge on any atom is -0.449 e. The van der Waals surface area contributed by atoms with E-state index in [9.17, 15) is 19.5 Å². The maximum atomic E-state index is 11.8. The van der Waals surface area contributed by atoms with Crippen molar-refractivity contribution in [1.29, 1.82) is 0 Å². The van der Waals surface area contributed by atoms with E-state index in [1.54, 1.807) is 0 Å². The van der Waals surface area contributed by atoms with Crippen LogP contribution in [0.3, 0.4) is 0 Å². The molecule has 20 heavy (non-hydrogen) atoms. The summed E-state index contributed by atoms with van der Waals surface area (Å²) in [6, 6.07) is 2.91. The topological polar surface area (TPSA) is 123 Å². The van der Waals surface area contributed by atoms with E-state index in [0.717, 1.165) is 0 Å². The van der Waals surface area contributed by atoms with Crippen LogP contribution in [0.25, 0.3) is 0 Å². The van der Waals surface area contributed by atoms with Crippen molar-refractivity contribution < 1.29 is 34.1 Å². The van der Waals surface area contributed by atoms with Crippen LogP contribution in [0.5, 0.6) is 0 Å². The van der Waals surface area contributed by atoms with Crippen molar-refractivity contribution in [2.24, 2.45) is 0 Å². The van der Waals surface area contributed by atoms with Gasteiger partial charge in [-0.05, 0) is 12.1 Å². The number of nitrogens with zero attached hydrogens (tertiary/aromatic N) is 1. The zero-order chi connectivity index (χ0) is 14.7. The van der Waals surface area contributed by atoms with Gasteiger partial charge in [0.05, 0.1) is 12.2 Å². The number of aromatic nitrogens is 1. The summed E-state index contributed by atoms with van der Waals surface area (Å²) in [6.07, 6.45) is -1.85. The fraction of sp³-hybridized carbons (Fsp3) is 0.333. The molecule has 0 saturated carbocycles. The zero-order valence-electron chi connectivity index (χ0n) is 10.1. The molecule has 106 valence electrons. The Morgan fingerprint density at radius 3 is 2.85 bits per heavy atom. The molecule has 2 heterocycles. The third-order valence-corrected chi connectivity index (χ3v) is 2.70. The third-order valence-electron chi connectivity index (χ3n) is 2.70. The number of carbonyl (C=O) groups is 3. The molecule has 0 bridgehead atoms. The number of ketones is 1. The Bertz CT molecular complexity index is 530. The normalized spacial score (nSPS) is 23.3. The van der Waals surface area contributed by atoms with Crippen LogP contribution in [0.2, 0.25) is 0 Å². The third kappa shape index (κ3) is 2.65. The lowest BCUT2D eigenvalue weighted by Gasteiger charge is -2.20. The highest BCUT2D eigenvalue weighted by molar-refractivity contribution is 6.37. The first-order valence-corrected chi connectivity index (χ1v) is 5.69. The summed E-state index contributed by atoms with van der Waals surface area (Å²) in [6.45, 7) is -0.744. The van der Waals surface area contributed by atoms with Gasteiger partial charge in [0.2, 0.25) is 6.10 Å².